The summed E-state index contributed by atoms with van der Waals surface area (Å²) in [6.07, 6.45) is 0. The second-order valence-corrected chi connectivity index (χ2v) is 5.41. The molecule has 0 heterocycles. The van der Waals surface area contributed by atoms with Crippen LogP contribution in [0.3, 0.4) is 0 Å². The molecule has 6 heteroatoms. The fourth-order valence-corrected chi connectivity index (χ4v) is 1.49. The number of halogens is 2. The van der Waals surface area contributed by atoms with E-state index in [2.05, 4.69) is 16.0 Å². The van der Waals surface area contributed by atoms with Crippen molar-refractivity contribution in [1.82, 2.24) is 10.6 Å². The van der Waals surface area contributed by atoms with Gasteiger partial charge in [0.1, 0.15) is 0 Å². The summed E-state index contributed by atoms with van der Waals surface area (Å²) in [5.41, 5.74) is 0.319. The normalized spacial score (nSPS) is 11.2. The molecular weight excluding hydrogens is 273 g/mol. The highest BCUT2D eigenvalue weighted by Crippen LogP contribution is 2.25. The van der Waals surface area contributed by atoms with E-state index in [0.717, 1.165) is 0 Å². The van der Waals surface area contributed by atoms with E-state index in [0.29, 0.717) is 22.3 Å². The van der Waals surface area contributed by atoms with Crippen molar-refractivity contribution < 1.29 is 4.79 Å². The minimum Gasteiger partial charge on any atom is -0.336 e. The lowest BCUT2D eigenvalue weighted by atomic mass is 10.1. The number of benzene rings is 1. The summed E-state index contributed by atoms with van der Waals surface area (Å²) in [6.45, 7) is 4.47. The van der Waals surface area contributed by atoms with E-state index in [4.69, 9.17) is 23.2 Å². The van der Waals surface area contributed by atoms with Gasteiger partial charge in [0.15, 0.2) is 0 Å². The van der Waals surface area contributed by atoms with Gasteiger partial charge >= 0.3 is 6.03 Å². The Labute approximate surface area is 117 Å². The van der Waals surface area contributed by atoms with E-state index in [1.54, 1.807) is 18.2 Å². The van der Waals surface area contributed by atoms with Crippen LogP contribution in [0.4, 0.5) is 10.5 Å². The SMILES string of the molecule is CNC(C)(C)CNC(=O)Nc1cc(Cl)ccc1Cl. The van der Waals surface area contributed by atoms with Gasteiger partial charge in [-0.1, -0.05) is 23.2 Å². The van der Waals surface area contributed by atoms with E-state index >= 15 is 0 Å². The molecule has 1 aromatic rings. The monoisotopic (exact) mass is 289 g/mol. The molecule has 0 aliphatic rings. The predicted octanol–water partition coefficient (Wildman–Crippen LogP) is 3.11. The Morgan fingerprint density at radius 1 is 1.33 bits per heavy atom. The second-order valence-electron chi connectivity index (χ2n) is 4.57. The molecule has 0 saturated heterocycles. The van der Waals surface area contributed by atoms with Crippen molar-refractivity contribution in [3.8, 4) is 0 Å². The molecule has 0 radical (unpaired) electrons. The number of urea groups is 1. The van der Waals surface area contributed by atoms with Crippen LogP contribution in [0.15, 0.2) is 18.2 Å². The zero-order valence-corrected chi connectivity index (χ0v) is 12.1. The quantitative estimate of drug-likeness (QED) is 0.798. The molecular formula is C12H17Cl2N3O. The Kier molecular flexibility index (Phi) is 5.26. The zero-order valence-electron chi connectivity index (χ0n) is 10.6. The van der Waals surface area contributed by atoms with Gasteiger partial charge < -0.3 is 16.0 Å². The van der Waals surface area contributed by atoms with E-state index in [-0.39, 0.29) is 11.6 Å². The Balaban J connectivity index is 2.57. The average molecular weight is 290 g/mol. The summed E-state index contributed by atoms with van der Waals surface area (Å²) in [5, 5.41) is 9.47. The number of hydrogen-bond acceptors (Lipinski definition) is 2. The smallest absolute Gasteiger partial charge is 0.319 e. The molecule has 0 aliphatic heterocycles. The topological polar surface area (TPSA) is 53.2 Å². The fraction of sp³-hybridized carbons (Fsp3) is 0.417. The number of amides is 2. The van der Waals surface area contributed by atoms with Crippen molar-refractivity contribution in [1.29, 1.82) is 0 Å². The van der Waals surface area contributed by atoms with E-state index in [1.165, 1.54) is 0 Å². The third-order valence-electron chi connectivity index (χ3n) is 2.54. The summed E-state index contributed by atoms with van der Waals surface area (Å²) < 4.78 is 0. The van der Waals surface area contributed by atoms with Crippen LogP contribution >= 0.6 is 23.2 Å². The van der Waals surface area contributed by atoms with Crippen molar-refractivity contribution >= 4 is 34.9 Å². The van der Waals surface area contributed by atoms with E-state index in [9.17, 15) is 4.79 Å². The van der Waals surface area contributed by atoms with Crippen molar-refractivity contribution in [3.63, 3.8) is 0 Å². The van der Waals surface area contributed by atoms with Crippen LogP contribution in [-0.4, -0.2) is 25.2 Å². The maximum absolute atomic E-state index is 11.7. The minimum atomic E-state index is -0.317. The molecule has 4 nitrogen and oxygen atoms in total. The first kappa shape index (κ1) is 15.1. The minimum absolute atomic E-state index is 0.171. The van der Waals surface area contributed by atoms with Gasteiger partial charge in [0, 0.05) is 17.1 Å². The maximum Gasteiger partial charge on any atom is 0.319 e. The van der Waals surface area contributed by atoms with Crippen LogP contribution < -0.4 is 16.0 Å². The number of nitrogens with one attached hydrogen (secondary N) is 3. The number of rotatable bonds is 4. The van der Waals surface area contributed by atoms with Crippen LogP contribution in [0.25, 0.3) is 0 Å². The summed E-state index contributed by atoms with van der Waals surface area (Å²) in [4.78, 5) is 11.7. The summed E-state index contributed by atoms with van der Waals surface area (Å²) in [5.74, 6) is 0. The molecule has 0 aliphatic carbocycles. The molecule has 100 valence electrons. The van der Waals surface area contributed by atoms with Gasteiger partial charge in [-0.15, -0.1) is 0 Å². The van der Waals surface area contributed by atoms with Crippen molar-refractivity contribution in [2.45, 2.75) is 19.4 Å². The fourth-order valence-electron chi connectivity index (χ4n) is 1.15. The van der Waals surface area contributed by atoms with Gasteiger partial charge in [0.25, 0.3) is 0 Å². The maximum atomic E-state index is 11.7. The van der Waals surface area contributed by atoms with Crippen LogP contribution in [0.1, 0.15) is 13.8 Å². The van der Waals surface area contributed by atoms with Gasteiger partial charge in [0.05, 0.1) is 10.7 Å². The molecule has 0 spiro atoms. The molecule has 0 unspecified atom stereocenters. The van der Waals surface area contributed by atoms with Gasteiger partial charge in [-0.25, -0.2) is 4.79 Å². The molecule has 0 atom stereocenters. The molecule has 18 heavy (non-hydrogen) atoms. The number of hydrogen-bond donors (Lipinski definition) is 3. The van der Waals surface area contributed by atoms with Gasteiger partial charge in [-0.3, -0.25) is 0 Å². The first-order valence-electron chi connectivity index (χ1n) is 5.53. The van der Waals surface area contributed by atoms with Crippen LogP contribution in [0, 0.1) is 0 Å². The van der Waals surface area contributed by atoms with Gasteiger partial charge in [-0.2, -0.15) is 0 Å². The summed E-state index contributed by atoms with van der Waals surface area (Å²) in [7, 11) is 1.84. The van der Waals surface area contributed by atoms with Crippen molar-refractivity contribution in [2.75, 3.05) is 18.9 Å². The summed E-state index contributed by atoms with van der Waals surface area (Å²) >= 11 is 11.8. The first-order chi connectivity index (χ1) is 8.34. The van der Waals surface area contributed by atoms with Crippen LogP contribution in [-0.2, 0) is 0 Å². The third kappa shape index (κ3) is 4.72. The lowest BCUT2D eigenvalue weighted by molar-refractivity contribution is 0.248. The molecule has 1 rings (SSSR count). The van der Waals surface area contributed by atoms with E-state index < -0.39 is 0 Å². The molecule has 0 aromatic heterocycles. The highest BCUT2D eigenvalue weighted by Gasteiger charge is 2.16. The Morgan fingerprint density at radius 2 is 2.00 bits per heavy atom. The Hall–Kier alpha value is -0.970. The van der Waals surface area contributed by atoms with Crippen LogP contribution in [0.5, 0.6) is 0 Å². The zero-order chi connectivity index (χ0) is 13.8. The lowest BCUT2D eigenvalue weighted by Gasteiger charge is -2.24. The van der Waals surface area contributed by atoms with Crippen LogP contribution in [0.2, 0.25) is 10.0 Å². The average Bonchev–Trinajstić information content (AvgIpc) is 2.31. The first-order valence-corrected chi connectivity index (χ1v) is 6.28. The molecule has 1 aromatic carbocycles. The molecule has 3 N–H and O–H groups in total. The number of carbonyl (C=O) groups excluding carboxylic acids is 1. The largest absolute Gasteiger partial charge is 0.336 e. The number of anilines is 1. The lowest BCUT2D eigenvalue weighted by Crippen LogP contribution is -2.48. The molecule has 0 saturated carbocycles. The van der Waals surface area contributed by atoms with E-state index in [1.807, 2.05) is 20.9 Å². The van der Waals surface area contributed by atoms with Crippen molar-refractivity contribution in [3.05, 3.63) is 28.2 Å². The molecule has 0 bridgehead atoms. The Bertz CT molecular complexity index is 435. The highest BCUT2D eigenvalue weighted by atomic mass is 35.5. The standard InChI is InChI=1S/C12H17Cl2N3O/c1-12(2,15-3)7-16-11(18)17-10-6-8(13)4-5-9(10)14/h4-6,15H,7H2,1-3H3,(H2,16,17,18). The van der Waals surface area contributed by atoms with Gasteiger partial charge in [-0.05, 0) is 39.1 Å². The molecule has 2 amide bonds. The number of carbonyl (C=O) groups is 1. The third-order valence-corrected chi connectivity index (χ3v) is 3.11. The Morgan fingerprint density at radius 3 is 2.61 bits per heavy atom. The second kappa shape index (κ2) is 6.27. The number of likely N-dealkylation sites (N-methyl/N-ethyl adjacent to an activating group) is 1. The summed E-state index contributed by atoms with van der Waals surface area (Å²) in [6, 6.07) is 4.59. The highest BCUT2D eigenvalue weighted by molar-refractivity contribution is 6.35. The van der Waals surface area contributed by atoms with Crippen molar-refractivity contribution in [2.24, 2.45) is 0 Å². The molecule has 0 fully saturated rings. The van der Waals surface area contributed by atoms with Gasteiger partial charge in [0.2, 0.25) is 0 Å². The predicted molar refractivity (Wildman–Crippen MR) is 76.6 cm³/mol.